The summed E-state index contributed by atoms with van der Waals surface area (Å²) in [5, 5.41) is 7.13. The van der Waals surface area contributed by atoms with Gasteiger partial charge in [-0.15, -0.1) is 0 Å². The van der Waals surface area contributed by atoms with Crippen LogP contribution in [0.2, 0.25) is 0 Å². The van der Waals surface area contributed by atoms with Crippen LogP contribution in [0, 0.1) is 0 Å². The normalized spacial score (nSPS) is 13.9. The first kappa shape index (κ1) is 20.0. The van der Waals surface area contributed by atoms with Gasteiger partial charge in [0.15, 0.2) is 0 Å². The molecule has 0 aliphatic carbocycles. The van der Waals surface area contributed by atoms with Crippen LogP contribution in [0.25, 0.3) is 98.4 Å². The van der Waals surface area contributed by atoms with Gasteiger partial charge in [0.25, 0.3) is 0 Å². The Hall–Kier alpha value is -6.18. The molecule has 1 aromatic heterocycles. The molecule has 0 saturated carbocycles. The summed E-state index contributed by atoms with van der Waals surface area (Å²) in [5.41, 5.74) is 6.12. The first-order valence-corrected chi connectivity index (χ1v) is 15.6. The standard InChI is InChI=1S/C46H28O/c1-2-11-29(12-3-1)33-24-25-38-41(28-33)43(34-22-21-30-13-4-5-15-32(30)27-34)36-17-8-9-18-37(36)44(38)39-19-10-20-42-45(39)40-26-23-31-14-6-7-16-35(31)46(40)47-42/h1-28H/i4D,5D,13D,15D,21D,22D,27D. The number of fused-ring (bicyclic) bond motifs is 8. The minimum Gasteiger partial charge on any atom is -0.455 e. The van der Waals surface area contributed by atoms with Crippen LogP contribution in [0.3, 0.4) is 0 Å². The molecule has 1 nitrogen and oxygen atoms in total. The highest BCUT2D eigenvalue weighted by atomic mass is 16.3. The predicted molar refractivity (Wildman–Crippen MR) is 200 cm³/mol. The molecule has 0 N–H and O–H groups in total. The zero-order valence-corrected chi connectivity index (χ0v) is 25.0. The van der Waals surface area contributed by atoms with Crippen LogP contribution < -0.4 is 0 Å². The summed E-state index contributed by atoms with van der Waals surface area (Å²) in [6.07, 6.45) is 0. The highest BCUT2D eigenvalue weighted by Crippen LogP contribution is 2.48. The molecule has 1 heteroatoms. The van der Waals surface area contributed by atoms with Crippen LogP contribution in [-0.2, 0) is 0 Å². The van der Waals surface area contributed by atoms with Crippen LogP contribution in [0.1, 0.15) is 9.60 Å². The maximum absolute atomic E-state index is 9.58. The highest BCUT2D eigenvalue weighted by Gasteiger charge is 2.21. The van der Waals surface area contributed by atoms with E-state index in [4.69, 9.17) is 11.3 Å². The Morgan fingerprint density at radius 3 is 2.02 bits per heavy atom. The molecule has 1 heterocycles. The van der Waals surface area contributed by atoms with Gasteiger partial charge in [0.05, 0.1) is 9.60 Å². The molecule has 9 aromatic carbocycles. The van der Waals surface area contributed by atoms with E-state index in [9.17, 15) is 2.74 Å². The van der Waals surface area contributed by atoms with Crippen molar-refractivity contribution in [3.8, 4) is 33.4 Å². The van der Waals surface area contributed by atoms with Gasteiger partial charge in [-0.05, 0) is 95.3 Å². The topological polar surface area (TPSA) is 13.1 Å². The molecule has 0 radical (unpaired) electrons. The molecule has 0 spiro atoms. The summed E-state index contributed by atoms with van der Waals surface area (Å²) in [4.78, 5) is 0. The third-order valence-electron chi connectivity index (χ3n) is 9.29. The van der Waals surface area contributed by atoms with Crippen molar-refractivity contribution in [1.82, 2.24) is 0 Å². The lowest BCUT2D eigenvalue weighted by molar-refractivity contribution is 0.673. The fraction of sp³-hybridized carbons (Fsp3) is 0. The molecule has 218 valence electrons. The third kappa shape index (κ3) is 3.97. The SMILES string of the molecule is [2H]c1c([2H])c([2H])c2c([2H])c(-c3c4ccccc4c(-c4cccc5oc6c7ccccc7ccc6c45)c4ccc(-c5ccccc5)cc34)c([2H])c([2H])c2c1[2H]. The molecule has 0 saturated heterocycles. The van der Waals surface area contributed by atoms with E-state index in [-0.39, 0.29) is 34.5 Å². The zero-order valence-electron chi connectivity index (χ0n) is 32.0. The molecule has 10 aromatic rings. The van der Waals surface area contributed by atoms with Gasteiger partial charge in [0, 0.05) is 16.2 Å². The van der Waals surface area contributed by atoms with E-state index in [0.29, 0.717) is 5.56 Å². The third-order valence-corrected chi connectivity index (χ3v) is 9.29. The first-order chi connectivity index (χ1) is 26.2. The van der Waals surface area contributed by atoms with Gasteiger partial charge in [-0.2, -0.15) is 0 Å². The van der Waals surface area contributed by atoms with Crippen molar-refractivity contribution in [3.63, 3.8) is 0 Å². The molecule has 0 fully saturated rings. The van der Waals surface area contributed by atoms with Crippen molar-refractivity contribution < 1.29 is 14.0 Å². The van der Waals surface area contributed by atoms with Gasteiger partial charge in [-0.3, -0.25) is 0 Å². The van der Waals surface area contributed by atoms with Gasteiger partial charge in [0.2, 0.25) is 0 Å². The molecule has 0 amide bonds. The summed E-state index contributed by atoms with van der Waals surface area (Å²) < 4.78 is 68.9. The summed E-state index contributed by atoms with van der Waals surface area (Å²) in [7, 11) is 0. The smallest absolute Gasteiger partial charge is 0.143 e. The summed E-state index contributed by atoms with van der Waals surface area (Å²) >= 11 is 0. The fourth-order valence-corrected chi connectivity index (χ4v) is 7.22. The number of hydrogen-bond acceptors (Lipinski definition) is 1. The lowest BCUT2D eigenvalue weighted by Crippen LogP contribution is -1.92. The Morgan fingerprint density at radius 2 is 1.15 bits per heavy atom. The number of hydrogen-bond donors (Lipinski definition) is 0. The molecule has 0 unspecified atom stereocenters. The van der Waals surface area contributed by atoms with E-state index >= 15 is 0 Å². The van der Waals surface area contributed by atoms with Gasteiger partial charge in [-0.1, -0.05) is 145 Å². The van der Waals surface area contributed by atoms with E-state index in [1.807, 2.05) is 78.9 Å². The molecular formula is C46H28O. The molecule has 47 heavy (non-hydrogen) atoms. The van der Waals surface area contributed by atoms with Crippen molar-refractivity contribution in [2.24, 2.45) is 0 Å². The van der Waals surface area contributed by atoms with E-state index in [1.54, 1.807) is 0 Å². The van der Waals surface area contributed by atoms with Crippen molar-refractivity contribution in [2.45, 2.75) is 0 Å². The lowest BCUT2D eigenvalue weighted by atomic mass is 9.83. The second kappa shape index (κ2) is 10.2. The second-order valence-corrected chi connectivity index (χ2v) is 11.9. The zero-order chi connectivity index (χ0) is 37.0. The van der Waals surface area contributed by atoms with Gasteiger partial charge >= 0.3 is 0 Å². The minimum absolute atomic E-state index is 0.0700. The number of benzene rings is 9. The van der Waals surface area contributed by atoms with Gasteiger partial charge < -0.3 is 4.42 Å². The molecule has 10 rings (SSSR count). The maximum Gasteiger partial charge on any atom is 0.143 e. The Bertz CT molecular complexity index is 3240. The molecular weight excluding hydrogens is 569 g/mol. The lowest BCUT2D eigenvalue weighted by Gasteiger charge is -2.19. The summed E-state index contributed by atoms with van der Waals surface area (Å²) in [6.45, 7) is 0. The van der Waals surface area contributed by atoms with Crippen LogP contribution in [-0.4, -0.2) is 0 Å². The fourth-order valence-electron chi connectivity index (χ4n) is 7.22. The molecule has 0 aliphatic rings. The predicted octanol–water partition coefficient (Wildman–Crippen LogP) is 13.2. The van der Waals surface area contributed by atoms with Crippen molar-refractivity contribution in [3.05, 3.63) is 170 Å². The van der Waals surface area contributed by atoms with E-state index in [2.05, 4.69) is 48.5 Å². The van der Waals surface area contributed by atoms with Crippen LogP contribution in [0.15, 0.2) is 174 Å². The van der Waals surface area contributed by atoms with Gasteiger partial charge in [0.1, 0.15) is 11.2 Å². The van der Waals surface area contributed by atoms with E-state index in [0.717, 1.165) is 76.5 Å². The largest absolute Gasteiger partial charge is 0.455 e. The maximum atomic E-state index is 9.58. The molecule has 0 bridgehead atoms. The Balaban J connectivity index is 1.40. The first-order valence-electron chi connectivity index (χ1n) is 19.1. The summed E-state index contributed by atoms with van der Waals surface area (Å²) in [5.74, 6) is 0. The number of furan rings is 1. The summed E-state index contributed by atoms with van der Waals surface area (Å²) in [6, 6.07) is 40.0. The quantitative estimate of drug-likeness (QED) is 0.183. The monoisotopic (exact) mass is 603 g/mol. The Labute approximate surface area is 281 Å². The van der Waals surface area contributed by atoms with Crippen molar-refractivity contribution >= 4 is 65.0 Å². The van der Waals surface area contributed by atoms with Crippen LogP contribution in [0.5, 0.6) is 0 Å². The van der Waals surface area contributed by atoms with E-state index in [1.165, 1.54) is 0 Å². The second-order valence-electron chi connectivity index (χ2n) is 11.9. The van der Waals surface area contributed by atoms with Crippen molar-refractivity contribution in [2.75, 3.05) is 0 Å². The van der Waals surface area contributed by atoms with Gasteiger partial charge in [-0.25, -0.2) is 0 Å². The van der Waals surface area contributed by atoms with Crippen LogP contribution in [0.4, 0.5) is 0 Å². The Kier molecular flexibility index (Phi) is 4.34. The molecule has 0 aliphatic heterocycles. The Morgan fingerprint density at radius 1 is 0.426 bits per heavy atom. The minimum atomic E-state index is -0.491. The number of rotatable bonds is 3. The average Bonchev–Trinajstić information content (AvgIpc) is 3.60. The van der Waals surface area contributed by atoms with Crippen molar-refractivity contribution in [1.29, 1.82) is 0 Å². The van der Waals surface area contributed by atoms with Crippen LogP contribution >= 0.6 is 0 Å². The molecule has 0 atom stereocenters. The van der Waals surface area contributed by atoms with E-state index < -0.39 is 24.2 Å². The highest BCUT2D eigenvalue weighted by molar-refractivity contribution is 6.27. The average molecular weight is 604 g/mol.